The maximum Gasteiger partial charge on any atom is 0.246 e. The molecule has 0 fully saturated rings. The lowest BCUT2D eigenvalue weighted by atomic mass is 10.0. The molecule has 1 amide bonds. The van der Waals surface area contributed by atoms with Gasteiger partial charge in [0.2, 0.25) is 5.91 Å². The van der Waals surface area contributed by atoms with E-state index in [0.717, 1.165) is 0 Å². The van der Waals surface area contributed by atoms with E-state index in [1.807, 2.05) is 6.92 Å². The van der Waals surface area contributed by atoms with Crippen LogP contribution in [0.25, 0.3) is 0 Å². The van der Waals surface area contributed by atoms with Crippen LogP contribution in [0.1, 0.15) is 19.6 Å². The van der Waals surface area contributed by atoms with Crippen molar-refractivity contribution >= 4 is 5.91 Å². The Labute approximate surface area is 101 Å². The van der Waals surface area contributed by atoms with Gasteiger partial charge in [0.1, 0.15) is 12.4 Å². The molecule has 0 aliphatic carbocycles. The fraction of sp³-hybridized carbons (Fsp3) is 0.583. The number of amides is 1. The molecular weight excluding hydrogens is 222 g/mol. The lowest BCUT2D eigenvalue weighted by Gasteiger charge is -2.22. The molecule has 17 heavy (non-hydrogen) atoms. The quantitative estimate of drug-likeness (QED) is 0.738. The van der Waals surface area contributed by atoms with Crippen LogP contribution in [-0.4, -0.2) is 36.4 Å². The van der Waals surface area contributed by atoms with Crippen molar-refractivity contribution in [3.05, 3.63) is 24.2 Å². The third-order valence-corrected chi connectivity index (χ3v) is 2.24. The Morgan fingerprint density at radius 3 is 3.00 bits per heavy atom. The molecular formula is C12H19NO4. The fourth-order valence-corrected chi connectivity index (χ4v) is 1.39. The molecule has 0 radical (unpaired) electrons. The standard InChI is InChI=1S/C12H19NO4/c1-3-16-8-11(14)13-9-12(2,15)7-10-5-4-6-17-10/h4-6,15H,3,7-9H2,1-2H3,(H,13,14)/t12-/m1/s1. The SMILES string of the molecule is CCOCC(=O)NC[C@](C)(O)Cc1ccco1. The second-order valence-corrected chi connectivity index (χ2v) is 4.17. The lowest BCUT2D eigenvalue weighted by Crippen LogP contribution is -2.43. The van der Waals surface area contributed by atoms with Gasteiger partial charge in [-0.15, -0.1) is 0 Å². The van der Waals surface area contributed by atoms with Crippen molar-refractivity contribution in [2.45, 2.75) is 25.9 Å². The molecule has 0 saturated heterocycles. The maximum absolute atomic E-state index is 11.3. The van der Waals surface area contributed by atoms with Crippen LogP contribution in [0.4, 0.5) is 0 Å². The van der Waals surface area contributed by atoms with Crippen molar-refractivity contribution in [3.8, 4) is 0 Å². The van der Waals surface area contributed by atoms with Gasteiger partial charge in [0.15, 0.2) is 0 Å². The van der Waals surface area contributed by atoms with Crippen LogP contribution in [-0.2, 0) is 16.0 Å². The molecule has 1 aromatic rings. The summed E-state index contributed by atoms with van der Waals surface area (Å²) >= 11 is 0. The molecule has 2 N–H and O–H groups in total. The first kappa shape index (κ1) is 13.7. The van der Waals surface area contributed by atoms with E-state index in [1.54, 1.807) is 25.3 Å². The van der Waals surface area contributed by atoms with E-state index in [0.29, 0.717) is 18.8 Å². The van der Waals surface area contributed by atoms with Crippen molar-refractivity contribution in [2.75, 3.05) is 19.8 Å². The minimum atomic E-state index is -1.03. The molecule has 0 aliphatic rings. The maximum atomic E-state index is 11.3. The van der Waals surface area contributed by atoms with Crippen molar-refractivity contribution in [1.29, 1.82) is 0 Å². The van der Waals surface area contributed by atoms with Crippen LogP contribution in [0.3, 0.4) is 0 Å². The van der Waals surface area contributed by atoms with E-state index < -0.39 is 5.60 Å². The lowest BCUT2D eigenvalue weighted by molar-refractivity contribution is -0.126. The van der Waals surface area contributed by atoms with Crippen molar-refractivity contribution in [3.63, 3.8) is 0 Å². The zero-order chi connectivity index (χ0) is 12.7. The predicted octanol–water partition coefficient (Wildman–Crippen LogP) is 0.726. The van der Waals surface area contributed by atoms with Crippen LogP contribution in [0.15, 0.2) is 22.8 Å². The van der Waals surface area contributed by atoms with E-state index in [4.69, 9.17) is 9.15 Å². The van der Waals surface area contributed by atoms with E-state index in [2.05, 4.69) is 5.32 Å². The number of rotatable bonds is 7. The Balaban J connectivity index is 2.31. The second-order valence-electron chi connectivity index (χ2n) is 4.17. The highest BCUT2D eigenvalue weighted by Crippen LogP contribution is 2.12. The summed E-state index contributed by atoms with van der Waals surface area (Å²) in [6.45, 7) is 4.15. The Morgan fingerprint density at radius 2 is 2.41 bits per heavy atom. The van der Waals surface area contributed by atoms with Crippen molar-refractivity contribution < 1.29 is 19.1 Å². The minimum Gasteiger partial charge on any atom is -0.469 e. The molecule has 0 spiro atoms. The highest BCUT2D eigenvalue weighted by atomic mass is 16.5. The molecule has 0 unspecified atom stereocenters. The molecule has 96 valence electrons. The number of hydrogen-bond acceptors (Lipinski definition) is 4. The van der Waals surface area contributed by atoms with E-state index in [-0.39, 0.29) is 19.1 Å². The van der Waals surface area contributed by atoms with Crippen LogP contribution in [0, 0.1) is 0 Å². The molecule has 1 rings (SSSR count). The van der Waals surface area contributed by atoms with Gasteiger partial charge in [-0.1, -0.05) is 0 Å². The number of carbonyl (C=O) groups excluding carboxylic acids is 1. The molecule has 0 bridgehead atoms. The Morgan fingerprint density at radius 1 is 1.65 bits per heavy atom. The normalized spacial score (nSPS) is 14.3. The highest BCUT2D eigenvalue weighted by Gasteiger charge is 2.23. The van der Waals surface area contributed by atoms with Gasteiger partial charge in [-0.3, -0.25) is 4.79 Å². The summed E-state index contributed by atoms with van der Waals surface area (Å²) in [6, 6.07) is 3.55. The number of carbonyl (C=O) groups is 1. The second kappa shape index (κ2) is 6.42. The first-order valence-corrected chi connectivity index (χ1v) is 5.63. The monoisotopic (exact) mass is 241 g/mol. The average molecular weight is 241 g/mol. The smallest absolute Gasteiger partial charge is 0.246 e. The number of nitrogens with one attached hydrogen (secondary N) is 1. The minimum absolute atomic E-state index is 0.0212. The summed E-state index contributed by atoms with van der Waals surface area (Å²) in [4.78, 5) is 11.3. The number of aliphatic hydroxyl groups is 1. The first-order valence-electron chi connectivity index (χ1n) is 5.63. The molecule has 0 aliphatic heterocycles. The highest BCUT2D eigenvalue weighted by molar-refractivity contribution is 5.77. The van der Waals surface area contributed by atoms with Crippen LogP contribution < -0.4 is 5.32 Å². The summed E-state index contributed by atoms with van der Waals surface area (Å²) in [5, 5.41) is 12.7. The van der Waals surface area contributed by atoms with Gasteiger partial charge in [0, 0.05) is 19.6 Å². The first-order chi connectivity index (χ1) is 8.03. The zero-order valence-electron chi connectivity index (χ0n) is 10.2. The van der Waals surface area contributed by atoms with Gasteiger partial charge < -0.3 is 19.6 Å². The number of hydrogen-bond donors (Lipinski definition) is 2. The molecule has 5 heteroatoms. The van der Waals surface area contributed by atoms with E-state index in [1.165, 1.54) is 0 Å². The molecule has 1 heterocycles. The van der Waals surface area contributed by atoms with Crippen molar-refractivity contribution in [1.82, 2.24) is 5.32 Å². The summed E-state index contributed by atoms with van der Waals surface area (Å²) in [5.41, 5.74) is -1.03. The average Bonchev–Trinajstić information content (AvgIpc) is 2.75. The Bertz CT molecular complexity index is 332. The van der Waals surface area contributed by atoms with Gasteiger partial charge >= 0.3 is 0 Å². The molecule has 1 atom stereocenters. The largest absolute Gasteiger partial charge is 0.469 e. The van der Waals surface area contributed by atoms with Crippen LogP contribution in [0.2, 0.25) is 0 Å². The topological polar surface area (TPSA) is 71.7 Å². The third kappa shape index (κ3) is 5.51. The summed E-state index contributed by atoms with van der Waals surface area (Å²) in [7, 11) is 0. The van der Waals surface area contributed by atoms with E-state index in [9.17, 15) is 9.90 Å². The molecule has 0 saturated carbocycles. The van der Waals surface area contributed by atoms with Crippen molar-refractivity contribution in [2.24, 2.45) is 0 Å². The van der Waals surface area contributed by atoms with Gasteiger partial charge in [-0.05, 0) is 26.0 Å². The van der Waals surface area contributed by atoms with Gasteiger partial charge in [-0.25, -0.2) is 0 Å². The number of ether oxygens (including phenoxy) is 1. The molecule has 1 aromatic heterocycles. The predicted molar refractivity (Wildman–Crippen MR) is 62.5 cm³/mol. The molecule has 0 aromatic carbocycles. The molecule has 5 nitrogen and oxygen atoms in total. The van der Waals surface area contributed by atoms with E-state index >= 15 is 0 Å². The summed E-state index contributed by atoms with van der Waals surface area (Å²) in [6.07, 6.45) is 1.91. The van der Waals surface area contributed by atoms with Gasteiger partial charge in [-0.2, -0.15) is 0 Å². The van der Waals surface area contributed by atoms with Crippen LogP contribution >= 0.6 is 0 Å². The zero-order valence-corrected chi connectivity index (χ0v) is 10.2. The Hall–Kier alpha value is -1.33. The fourth-order valence-electron chi connectivity index (χ4n) is 1.39. The Kier molecular flexibility index (Phi) is 5.18. The van der Waals surface area contributed by atoms with Gasteiger partial charge in [0.05, 0.1) is 11.9 Å². The summed E-state index contributed by atoms with van der Waals surface area (Å²) in [5.74, 6) is 0.459. The van der Waals surface area contributed by atoms with Crippen LogP contribution in [0.5, 0.6) is 0 Å². The van der Waals surface area contributed by atoms with Gasteiger partial charge in [0.25, 0.3) is 0 Å². The number of furan rings is 1. The summed E-state index contributed by atoms with van der Waals surface area (Å²) < 4.78 is 10.1. The third-order valence-electron chi connectivity index (χ3n) is 2.24.